The normalized spacial score (nSPS) is 20.8. The number of carbonyl (C=O) groups excluding carboxylic acids is 3. The summed E-state index contributed by atoms with van der Waals surface area (Å²) in [5.74, 6) is -0.807. The van der Waals surface area contributed by atoms with Crippen LogP contribution < -0.4 is 5.32 Å². The zero-order valence-corrected chi connectivity index (χ0v) is 10.1. The Morgan fingerprint density at radius 3 is 2.89 bits per heavy atom. The summed E-state index contributed by atoms with van der Waals surface area (Å²) in [6.07, 6.45) is 2.23. The standard InChI is InChI=1S/C12H15N3O3/c1-2-9-12(18)14-11(17)7-15(9)6-10(16)8-4-3-5-13-8/h3-5,9,13H,2,6-7H2,1H3,(H,14,17,18). The summed E-state index contributed by atoms with van der Waals surface area (Å²) in [4.78, 5) is 39.3. The summed E-state index contributed by atoms with van der Waals surface area (Å²) in [5.41, 5.74) is 0.489. The van der Waals surface area contributed by atoms with Crippen LogP contribution in [0.25, 0.3) is 0 Å². The highest BCUT2D eigenvalue weighted by Gasteiger charge is 2.33. The lowest BCUT2D eigenvalue weighted by Gasteiger charge is -2.32. The fourth-order valence-electron chi connectivity index (χ4n) is 2.10. The van der Waals surface area contributed by atoms with Gasteiger partial charge in [-0.05, 0) is 18.6 Å². The number of ketones is 1. The van der Waals surface area contributed by atoms with E-state index < -0.39 is 6.04 Å². The molecule has 1 aliphatic rings. The van der Waals surface area contributed by atoms with E-state index in [1.54, 1.807) is 23.2 Å². The Bertz CT molecular complexity index is 467. The minimum Gasteiger partial charge on any atom is -0.359 e. The molecule has 1 atom stereocenters. The van der Waals surface area contributed by atoms with Gasteiger partial charge in [0.2, 0.25) is 11.8 Å². The number of aromatic amines is 1. The molecule has 2 N–H and O–H groups in total. The molecule has 1 aromatic heterocycles. The van der Waals surface area contributed by atoms with E-state index in [0.29, 0.717) is 12.1 Å². The molecule has 0 radical (unpaired) electrons. The van der Waals surface area contributed by atoms with Crippen molar-refractivity contribution in [2.24, 2.45) is 0 Å². The van der Waals surface area contributed by atoms with Crippen LogP contribution in [0.5, 0.6) is 0 Å². The first kappa shape index (κ1) is 12.5. The number of piperazine rings is 1. The van der Waals surface area contributed by atoms with Crippen molar-refractivity contribution in [1.29, 1.82) is 0 Å². The van der Waals surface area contributed by atoms with E-state index >= 15 is 0 Å². The lowest BCUT2D eigenvalue weighted by molar-refractivity contribution is -0.139. The molecule has 0 saturated carbocycles. The van der Waals surface area contributed by atoms with Gasteiger partial charge in [0.05, 0.1) is 24.8 Å². The van der Waals surface area contributed by atoms with E-state index in [2.05, 4.69) is 10.3 Å². The Morgan fingerprint density at radius 2 is 2.28 bits per heavy atom. The maximum Gasteiger partial charge on any atom is 0.243 e. The SMILES string of the molecule is CCC1C(=O)NC(=O)CN1CC(=O)c1ccc[nH]1. The van der Waals surface area contributed by atoms with Crippen molar-refractivity contribution in [3.63, 3.8) is 0 Å². The Hall–Kier alpha value is -1.95. The van der Waals surface area contributed by atoms with E-state index in [4.69, 9.17) is 0 Å². The second-order valence-electron chi connectivity index (χ2n) is 4.25. The molecule has 2 heterocycles. The van der Waals surface area contributed by atoms with Crippen LogP contribution in [-0.2, 0) is 9.59 Å². The minimum absolute atomic E-state index is 0.0676. The van der Waals surface area contributed by atoms with Crippen molar-refractivity contribution >= 4 is 17.6 Å². The third-order valence-electron chi connectivity index (χ3n) is 2.98. The second kappa shape index (κ2) is 5.14. The van der Waals surface area contributed by atoms with E-state index in [-0.39, 0.29) is 30.7 Å². The fraction of sp³-hybridized carbons (Fsp3) is 0.417. The van der Waals surface area contributed by atoms with Crippen molar-refractivity contribution in [1.82, 2.24) is 15.2 Å². The maximum absolute atomic E-state index is 11.9. The number of hydrogen-bond acceptors (Lipinski definition) is 4. The molecule has 2 rings (SSSR count). The van der Waals surface area contributed by atoms with Gasteiger partial charge in [0.25, 0.3) is 0 Å². The number of H-pyrrole nitrogens is 1. The summed E-state index contributed by atoms with van der Waals surface area (Å²) in [6, 6.07) is 3.00. The Balaban J connectivity index is 2.08. The number of rotatable bonds is 4. The molecule has 1 fully saturated rings. The molecule has 0 spiro atoms. The summed E-state index contributed by atoms with van der Waals surface area (Å²) in [5, 5.41) is 2.28. The van der Waals surface area contributed by atoms with Gasteiger partial charge in [0, 0.05) is 6.20 Å². The van der Waals surface area contributed by atoms with Gasteiger partial charge >= 0.3 is 0 Å². The predicted octanol–water partition coefficient (Wildman–Crippen LogP) is -0.0656. The zero-order chi connectivity index (χ0) is 13.1. The van der Waals surface area contributed by atoms with Gasteiger partial charge in [-0.3, -0.25) is 24.6 Å². The van der Waals surface area contributed by atoms with Gasteiger partial charge < -0.3 is 4.98 Å². The lowest BCUT2D eigenvalue weighted by atomic mass is 10.1. The number of hydrogen-bond donors (Lipinski definition) is 2. The summed E-state index contributed by atoms with van der Waals surface area (Å²) in [7, 11) is 0. The molecule has 96 valence electrons. The molecule has 0 aromatic carbocycles. The fourth-order valence-corrected chi connectivity index (χ4v) is 2.10. The monoisotopic (exact) mass is 249 g/mol. The molecule has 2 amide bonds. The van der Waals surface area contributed by atoms with Crippen LogP contribution in [0.4, 0.5) is 0 Å². The van der Waals surface area contributed by atoms with Gasteiger partial charge in [-0.2, -0.15) is 0 Å². The molecule has 0 bridgehead atoms. The Labute approximate surface area is 104 Å². The number of Topliss-reactive ketones (excluding diaryl/α,β-unsaturated/α-hetero) is 1. The molecule has 1 unspecified atom stereocenters. The smallest absolute Gasteiger partial charge is 0.243 e. The molecule has 1 aliphatic heterocycles. The lowest BCUT2D eigenvalue weighted by Crippen LogP contribution is -2.58. The highest BCUT2D eigenvalue weighted by Crippen LogP contribution is 2.10. The molecule has 0 aliphatic carbocycles. The maximum atomic E-state index is 11.9. The quantitative estimate of drug-likeness (QED) is 0.578. The number of amides is 2. The molecule has 1 saturated heterocycles. The average Bonchev–Trinajstić information content (AvgIpc) is 2.81. The number of imide groups is 1. The van der Waals surface area contributed by atoms with Crippen LogP contribution in [0.1, 0.15) is 23.8 Å². The highest BCUT2D eigenvalue weighted by atomic mass is 16.2. The molecular formula is C12H15N3O3. The van der Waals surface area contributed by atoms with Gasteiger partial charge in [-0.25, -0.2) is 0 Å². The van der Waals surface area contributed by atoms with Crippen LogP contribution >= 0.6 is 0 Å². The van der Waals surface area contributed by atoms with E-state index in [0.717, 1.165) is 0 Å². The van der Waals surface area contributed by atoms with Gasteiger partial charge in [-0.1, -0.05) is 6.92 Å². The Kier molecular flexibility index (Phi) is 3.57. The van der Waals surface area contributed by atoms with Crippen LogP contribution in [0.15, 0.2) is 18.3 Å². The van der Waals surface area contributed by atoms with Crippen LogP contribution in [0.2, 0.25) is 0 Å². The molecule has 1 aromatic rings. The van der Waals surface area contributed by atoms with Crippen molar-refractivity contribution in [3.8, 4) is 0 Å². The first-order valence-electron chi connectivity index (χ1n) is 5.86. The van der Waals surface area contributed by atoms with Crippen LogP contribution in [-0.4, -0.2) is 46.6 Å². The van der Waals surface area contributed by atoms with E-state index in [1.807, 2.05) is 6.92 Å². The number of aromatic nitrogens is 1. The highest BCUT2D eigenvalue weighted by molar-refractivity contribution is 6.02. The second-order valence-corrected chi connectivity index (χ2v) is 4.25. The van der Waals surface area contributed by atoms with Crippen molar-refractivity contribution in [2.45, 2.75) is 19.4 Å². The summed E-state index contributed by atoms with van der Waals surface area (Å²) < 4.78 is 0. The van der Waals surface area contributed by atoms with Crippen molar-refractivity contribution in [3.05, 3.63) is 24.0 Å². The number of nitrogens with zero attached hydrogens (tertiary/aromatic N) is 1. The summed E-state index contributed by atoms with van der Waals surface area (Å²) >= 11 is 0. The first-order chi connectivity index (χ1) is 8.61. The third-order valence-corrected chi connectivity index (χ3v) is 2.98. The van der Waals surface area contributed by atoms with Gasteiger partial charge in [0.15, 0.2) is 5.78 Å². The van der Waals surface area contributed by atoms with E-state index in [1.165, 1.54) is 0 Å². The Morgan fingerprint density at radius 1 is 1.50 bits per heavy atom. The minimum atomic E-state index is -0.415. The largest absolute Gasteiger partial charge is 0.359 e. The third kappa shape index (κ3) is 2.48. The number of nitrogens with one attached hydrogen (secondary N) is 2. The predicted molar refractivity (Wildman–Crippen MR) is 63.9 cm³/mol. The van der Waals surface area contributed by atoms with Crippen LogP contribution in [0, 0.1) is 0 Å². The number of carbonyl (C=O) groups is 3. The molecule has 6 heteroatoms. The van der Waals surface area contributed by atoms with Gasteiger partial charge in [-0.15, -0.1) is 0 Å². The molecule has 6 nitrogen and oxygen atoms in total. The van der Waals surface area contributed by atoms with Crippen molar-refractivity contribution in [2.75, 3.05) is 13.1 Å². The van der Waals surface area contributed by atoms with E-state index in [9.17, 15) is 14.4 Å². The average molecular weight is 249 g/mol. The first-order valence-corrected chi connectivity index (χ1v) is 5.86. The van der Waals surface area contributed by atoms with Crippen LogP contribution in [0.3, 0.4) is 0 Å². The van der Waals surface area contributed by atoms with Crippen molar-refractivity contribution < 1.29 is 14.4 Å². The summed E-state index contributed by atoms with van der Waals surface area (Å²) in [6.45, 7) is 2.00. The molecule has 18 heavy (non-hydrogen) atoms. The zero-order valence-electron chi connectivity index (χ0n) is 10.1. The van der Waals surface area contributed by atoms with Gasteiger partial charge in [0.1, 0.15) is 0 Å². The molecular weight excluding hydrogens is 234 g/mol. The topological polar surface area (TPSA) is 82.3 Å².